The summed E-state index contributed by atoms with van der Waals surface area (Å²) >= 11 is 7.36. The second-order valence-electron chi connectivity index (χ2n) is 2.02. The summed E-state index contributed by atoms with van der Waals surface area (Å²) in [5.41, 5.74) is 9.14. The summed E-state index contributed by atoms with van der Waals surface area (Å²) in [7, 11) is 1.43. The molecule has 0 saturated heterocycles. The summed E-state index contributed by atoms with van der Waals surface area (Å²) in [5, 5.41) is -0.551. The van der Waals surface area contributed by atoms with Crippen molar-refractivity contribution in [3.8, 4) is 0 Å². The maximum atomic E-state index is 9.09. The third-order valence-electron chi connectivity index (χ3n) is 0.868. The molecule has 0 aromatic heterocycles. The number of thiol groups is 1. The maximum Gasteiger partial charge on any atom is 0.273 e. The van der Waals surface area contributed by atoms with E-state index in [1.165, 1.54) is 7.11 Å². The number of hydrogen-bond acceptors (Lipinski definition) is 3. The molecule has 0 spiro atoms. The van der Waals surface area contributed by atoms with Gasteiger partial charge in [-0.15, -0.1) is 0 Å². The van der Waals surface area contributed by atoms with Crippen LogP contribution in [0.5, 0.6) is 0 Å². The molecule has 0 saturated carbocycles. The van der Waals surface area contributed by atoms with E-state index in [0.717, 1.165) is 0 Å². The average Bonchev–Trinajstić information content (AvgIpc) is 2.20. The van der Waals surface area contributed by atoms with E-state index in [1.54, 1.807) is 0 Å². The Morgan fingerprint density at radius 1 is 1.13 bits per heavy atom. The number of ether oxygens (including phenoxy) is 1. The number of methoxy groups -OCH3 is 1. The normalized spacial score (nSPS) is 7.07. The molecule has 1 amide bonds. The van der Waals surface area contributed by atoms with Gasteiger partial charge in [0.25, 0.3) is 10.4 Å². The zero-order valence-corrected chi connectivity index (χ0v) is 10.0. The van der Waals surface area contributed by atoms with Crippen LogP contribution in [0.25, 0.3) is 0 Å². The van der Waals surface area contributed by atoms with Crippen molar-refractivity contribution in [2.45, 2.75) is 0 Å². The molecule has 0 atom stereocenters. The number of rotatable bonds is 0. The lowest BCUT2D eigenvalue weighted by Gasteiger charge is -1.85. The molecule has 84 valence electrons. The molecule has 1 aromatic carbocycles. The van der Waals surface area contributed by atoms with Crippen molar-refractivity contribution in [3.05, 3.63) is 36.4 Å². The quantitative estimate of drug-likeness (QED) is 0.479. The van der Waals surface area contributed by atoms with Crippen LogP contribution in [-0.2, 0) is 4.74 Å². The Morgan fingerprint density at radius 3 is 1.33 bits per heavy atom. The molecule has 0 aliphatic rings. The number of hydrogen-bond donors (Lipinski definition) is 3. The summed E-state index contributed by atoms with van der Waals surface area (Å²) in [6, 6.07) is 12.0. The zero-order valence-electron chi connectivity index (χ0n) is 8.29. The van der Waals surface area contributed by atoms with Gasteiger partial charge in [-0.1, -0.05) is 49.0 Å². The van der Waals surface area contributed by atoms with Crippen molar-refractivity contribution in [1.29, 1.82) is 0 Å². The molecule has 0 radical (unpaired) electrons. The number of carbonyl (C=O) groups is 1. The summed E-state index contributed by atoms with van der Waals surface area (Å²) in [4.78, 5) is 9.09. The van der Waals surface area contributed by atoms with Crippen molar-refractivity contribution >= 4 is 35.3 Å². The molecule has 0 fully saturated rings. The minimum atomic E-state index is -0.639. The molecule has 0 heterocycles. The van der Waals surface area contributed by atoms with Gasteiger partial charge in [0.1, 0.15) is 0 Å². The Kier molecular flexibility index (Phi) is 13.7. The molecular formula is C9H14N2O2S2. The minimum Gasteiger partial charge on any atom is -0.475 e. The highest BCUT2D eigenvalue weighted by molar-refractivity contribution is 7.96. The van der Waals surface area contributed by atoms with Gasteiger partial charge in [0.05, 0.1) is 7.11 Å². The van der Waals surface area contributed by atoms with E-state index in [1.807, 2.05) is 36.4 Å². The molecule has 1 aromatic rings. The molecule has 6 heteroatoms. The molecule has 0 aliphatic heterocycles. The van der Waals surface area contributed by atoms with Crippen LogP contribution in [0.4, 0.5) is 4.79 Å². The van der Waals surface area contributed by atoms with Gasteiger partial charge >= 0.3 is 0 Å². The smallest absolute Gasteiger partial charge is 0.273 e. The summed E-state index contributed by atoms with van der Waals surface area (Å²) < 4.78 is 4.26. The Hall–Kier alpha value is -1.27. The number of amides is 1. The summed E-state index contributed by atoms with van der Waals surface area (Å²) in [6.45, 7) is 0. The van der Waals surface area contributed by atoms with Crippen molar-refractivity contribution in [1.82, 2.24) is 0 Å². The van der Waals surface area contributed by atoms with E-state index in [9.17, 15) is 0 Å². The fourth-order valence-corrected chi connectivity index (χ4v) is 0.385. The highest BCUT2D eigenvalue weighted by atomic mass is 32.1. The van der Waals surface area contributed by atoms with Crippen LogP contribution in [0.1, 0.15) is 0 Å². The predicted molar refractivity (Wildman–Crippen MR) is 68.8 cm³/mol. The average molecular weight is 246 g/mol. The van der Waals surface area contributed by atoms with E-state index in [4.69, 9.17) is 10.5 Å². The van der Waals surface area contributed by atoms with Crippen LogP contribution in [0.15, 0.2) is 36.4 Å². The monoisotopic (exact) mass is 246 g/mol. The first-order valence-electron chi connectivity index (χ1n) is 3.82. The minimum absolute atomic E-state index is 0.0880. The van der Waals surface area contributed by atoms with E-state index in [2.05, 4.69) is 35.3 Å². The summed E-state index contributed by atoms with van der Waals surface area (Å²) in [6.07, 6.45) is 0. The lowest BCUT2D eigenvalue weighted by Crippen LogP contribution is -2.08. The Morgan fingerprint density at radius 2 is 1.27 bits per heavy atom. The molecular weight excluding hydrogens is 232 g/mol. The highest BCUT2D eigenvalue weighted by Crippen LogP contribution is 1.79. The maximum absolute atomic E-state index is 9.09. The molecule has 4 N–H and O–H groups in total. The Balaban J connectivity index is 0. The van der Waals surface area contributed by atoms with Crippen LogP contribution >= 0.6 is 24.8 Å². The number of primary amides is 1. The number of nitrogens with two attached hydrogens (primary N) is 2. The lowest BCUT2D eigenvalue weighted by molar-refractivity contribution is 0.267. The van der Waals surface area contributed by atoms with Crippen LogP contribution in [0.3, 0.4) is 0 Å². The molecule has 0 aliphatic carbocycles. The van der Waals surface area contributed by atoms with Crippen LogP contribution in [0, 0.1) is 0 Å². The fourth-order valence-electron chi connectivity index (χ4n) is 0.385. The van der Waals surface area contributed by atoms with E-state index in [-0.39, 0.29) is 5.17 Å². The first-order valence-corrected chi connectivity index (χ1v) is 4.68. The molecule has 1 rings (SSSR count). The van der Waals surface area contributed by atoms with Crippen molar-refractivity contribution in [2.24, 2.45) is 11.5 Å². The first-order chi connectivity index (χ1) is 7.00. The van der Waals surface area contributed by atoms with Crippen LogP contribution in [-0.4, -0.2) is 17.5 Å². The Labute approximate surface area is 100 Å². The van der Waals surface area contributed by atoms with Gasteiger partial charge in [0.15, 0.2) is 0 Å². The number of thiocarbonyl (C=S) groups is 1. The van der Waals surface area contributed by atoms with E-state index in [0.29, 0.717) is 0 Å². The standard InChI is InChI=1S/C6H6.C2H5NOS.CH3NOS/c1-2-4-6-5-3-1;1-4-2(3)5;2-1(3)4/h1-6H;1H3,(H2,3,5);(H3,2,3,4). The third kappa shape index (κ3) is 32.4. The second-order valence-corrected chi connectivity index (χ2v) is 2.86. The molecule has 0 bridgehead atoms. The highest BCUT2D eigenvalue weighted by Gasteiger charge is 1.69. The zero-order chi connectivity index (χ0) is 12.1. The van der Waals surface area contributed by atoms with Crippen LogP contribution in [0.2, 0.25) is 0 Å². The number of benzene rings is 1. The molecule has 4 nitrogen and oxygen atoms in total. The second kappa shape index (κ2) is 12.7. The SMILES string of the molecule is COC(N)=S.NC(=O)S.c1ccccc1. The van der Waals surface area contributed by atoms with Gasteiger partial charge in [0.2, 0.25) is 0 Å². The fraction of sp³-hybridized carbons (Fsp3) is 0.111. The van der Waals surface area contributed by atoms with E-state index >= 15 is 0 Å². The topological polar surface area (TPSA) is 78.3 Å². The molecule has 15 heavy (non-hydrogen) atoms. The first kappa shape index (κ1) is 16.2. The van der Waals surface area contributed by atoms with Crippen molar-refractivity contribution in [2.75, 3.05) is 7.11 Å². The van der Waals surface area contributed by atoms with Gasteiger partial charge in [-0.2, -0.15) is 0 Å². The molecule has 0 unspecified atom stereocenters. The van der Waals surface area contributed by atoms with Gasteiger partial charge in [0, 0.05) is 0 Å². The largest absolute Gasteiger partial charge is 0.475 e. The predicted octanol–water partition coefficient (Wildman–Crippen LogP) is 1.56. The van der Waals surface area contributed by atoms with Gasteiger partial charge in [-0.3, -0.25) is 4.79 Å². The van der Waals surface area contributed by atoms with Crippen molar-refractivity contribution < 1.29 is 9.53 Å². The van der Waals surface area contributed by atoms with Gasteiger partial charge in [-0.05, 0) is 12.2 Å². The van der Waals surface area contributed by atoms with Gasteiger partial charge in [-0.25, -0.2) is 0 Å². The lowest BCUT2D eigenvalue weighted by atomic mass is 10.4. The van der Waals surface area contributed by atoms with Crippen molar-refractivity contribution in [3.63, 3.8) is 0 Å². The number of carbonyl (C=O) groups excluding carboxylic acids is 1. The third-order valence-corrected chi connectivity index (χ3v) is 1.03. The van der Waals surface area contributed by atoms with Gasteiger partial charge < -0.3 is 16.2 Å². The Bertz CT molecular complexity index is 237. The van der Waals surface area contributed by atoms with Crippen LogP contribution < -0.4 is 11.5 Å². The summed E-state index contributed by atoms with van der Waals surface area (Å²) in [5.74, 6) is 0. The van der Waals surface area contributed by atoms with E-state index < -0.39 is 5.24 Å².